The Morgan fingerprint density at radius 2 is 1.80 bits per heavy atom. The van der Waals surface area contributed by atoms with Gasteiger partial charge in [0.1, 0.15) is 5.75 Å². The van der Waals surface area contributed by atoms with E-state index in [1.165, 1.54) is 12.1 Å². The second-order valence-corrected chi connectivity index (χ2v) is 6.03. The molecule has 0 saturated heterocycles. The zero-order valence-corrected chi connectivity index (χ0v) is 12.4. The van der Waals surface area contributed by atoms with Crippen molar-refractivity contribution in [2.75, 3.05) is 0 Å². The van der Waals surface area contributed by atoms with Gasteiger partial charge in [0.15, 0.2) is 0 Å². The van der Waals surface area contributed by atoms with Crippen LogP contribution in [0.1, 0.15) is 11.1 Å². The first-order valence-electron chi connectivity index (χ1n) is 5.90. The number of hydrogen-bond acceptors (Lipinski definition) is 3. The average molecular weight is 309 g/mol. The molecule has 2 aromatic rings. The Balaban J connectivity index is 2.15. The van der Waals surface area contributed by atoms with E-state index in [2.05, 4.69) is 0 Å². The first-order valence-corrected chi connectivity index (χ1v) is 7.75. The summed E-state index contributed by atoms with van der Waals surface area (Å²) in [6.07, 6.45) is 1.48. The summed E-state index contributed by atoms with van der Waals surface area (Å²) >= 11 is 5.87. The Bertz CT molecular complexity index is 722. The zero-order valence-electron chi connectivity index (χ0n) is 10.8. The van der Waals surface area contributed by atoms with Crippen LogP contribution in [-0.2, 0) is 10.1 Å². The summed E-state index contributed by atoms with van der Waals surface area (Å²) in [5.41, 5.74) is 1.54. The molecule has 0 bridgehead atoms. The molecule has 0 fully saturated rings. The molecule has 0 saturated carbocycles. The monoisotopic (exact) mass is 308 g/mol. The largest absolute Gasteiger partial charge is 0.379 e. The highest BCUT2D eigenvalue weighted by atomic mass is 35.5. The molecule has 0 aliphatic carbocycles. The van der Waals surface area contributed by atoms with Gasteiger partial charge in [-0.1, -0.05) is 41.9 Å². The molecule has 0 aliphatic heterocycles. The van der Waals surface area contributed by atoms with E-state index in [0.717, 1.165) is 16.5 Å². The molecule has 0 N–H and O–H groups in total. The topological polar surface area (TPSA) is 43.4 Å². The van der Waals surface area contributed by atoms with Crippen molar-refractivity contribution in [3.8, 4) is 5.75 Å². The first-order chi connectivity index (χ1) is 9.46. The third-order valence-electron chi connectivity index (χ3n) is 2.57. The fourth-order valence-corrected chi connectivity index (χ4v) is 2.43. The molecular weight excluding hydrogens is 296 g/mol. The number of halogens is 1. The second kappa shape index (κ2) is 6.11. The second-order valence-electron chi connectivity index (χ2n) is 4.20. The van der Waals surface area contributed by atoms with Gasteiger partial charge in [0, 0.05) is 5.02 Å². The van der Waals surface area contributed by atoms with E-state index in [4.69, 9.17) is 15.8 Å². The third kappa shape index (κ3) is 4.11. The summed E-state index contributed by atoms with van der Waals surface area (Å²) in [5.74, 6) is 0.240. The van der Waals surface area contributed by atoms with Crippen LogP contribution in [0.2, 0.25) is 5.02 Å². The van der Waals surface area contributed by atoms with Crippen LogP contribution < -0.4 is 4.18 Å². The predicted octanol–water partition coefficient (Wildman–Crippen LogP) is 4.03. The lowest BCUT2D eigenvalue weighted by Gasteiger charge is -2.05. The van der Waals surface area contributed by atoms with Crippen LogP contribution >= 0.6 is 11.6 Å². The van der Waals surface area contributed by atoms with Crippen molar-refractivity contribution >= 4 is 27.8 Å². The highest BCUT2D eigenvalue weighted by Crippen LogP contribution is 2.22. The van der Waals surface area contributed by atoms with Gasteiger partial charge < -0.3 is 4.18 Å². The molecule has 0 atom stereocenters. The molecule has 0 amide bonds. The van der Waals surface area contributed by atoms with Crippen LogP contribution in [-0.4, -0.2) is 8.42 Å². The lowest BCUT2D eigenvalue weighted by atomic mass is 10.2. The van der Waals surface area contributed by atoms with Crippen molar-refractivity contribution in [1.29, 1.82) is 0 Å². The van der Waals surface area contributed by atoms with Crippen molar-refractivity contribution in [3.05, 3.63) is 70.1 Å². The SMILES string of the molecule is Cc1cc(OS(=O)(=O)/C=C/c2ccccc2)ccc1Cl. The first kappa shape index (κ1) is 14.6. The fraction of sp³-hybridized carbons (Fsp3) is 0.0667. The predicted molar refractivity (Wildman–Crippen MR) is 81.2 cm³/mol. The molecule has 3 nitrogen and oxygen atoms in total. The van der Waals surface area contributed by atoms with Crippen molar-refractivity contribution in [2.45, 2.75) is 6.92 Å². The smallest absolute Gasteiger partial charge is 0.332 e. The molecule has 5 heteroatoms. The molecule has 104 valence electrons. The van der Waals surface area contributed by atoms with Crippen molar-refractivity contribution in [2.24, 2.45) is 0 Å². The molecule has 0 spiro atoms. The molecule has 0 aliphatic rings. The third-order valence-corrected chi connectivity index (χ3v) is 3.89. The molecule has 20 heavy (non-hydrogen) atoms. The minimum Gasteiger partial charge on any atom is -0.379 e. The van der Waals surface area contributed by atoms with Crippen LogP contribution in [0.15, 0.2) is 53.9 Å². The Hall–Kier alpha value is -1.78. The Kier molecular flexibility index (Phi) is 4.47. The van der Waals surface area contributed by atoms with Crippen LogP contribution in [0, 0.1) is 6.92 Å². The summed E-state index contributed by atoms with van der Waals surface area (Å²) in [6.45, 7) is 1.78. The van der Waals surface area contributed by atoms with Gasteiger partial charge in [0.2, 0.25) is 0 Å². The lowest BCUT2D eigenvalue weighted by Crippen LogP contribution is -2.05. The van der Waals surface area contributed by atoms with Gasteiger partial charge in [0.25, 0.3) is 0 Å². The summed E-state index contributed by atoms with van der Waals surface area (Å²) in [6, 6.07) is 13.8. The highest BCUT2D eigenvalue weighted by molar-refractivity contribution is 7.90. The standard InChI is InChI=1S/C15H13ClO3S/c1-12-11-14(7-8-15(12)16)19-20(17,18)10-9-13-5-3-2-4-6-13/h2-11H,1H3/b10-9+. The minimum absolute atomic E-state index is 0.240. The number of hydrogen-bond donors (Lipinski definition) is 0. The van der Waals surface area contributed by atoms with Crippen molar-refractivity contribution < 1.29 is 12.6 Å². The van der Waals surface area contributed by atoms with Gasteiger partial charge in [-0.25, -0.2) is 0 Å². The Labute approximate surface area is 123 Å². The molecule has 0 aromatic heterocycles. The van der Waals surface area contributed by atoms with E-state index in [1.54, 1.807) is 31.2 Å². The van der Waals surface area contributed by atoms with E-state index in [0.29, 0.717) is 5.02 Å². The minimum atomic E-state index is -3.79. The van der Waals surface area contributed by atoms with E-state index in [9.17, 15) is 8.42 Å². The van der Waals surface area contributed by atoms with E-state index < -0.39 is 10.1 Å². The number of rotatable bonds is 4. The van der Waals surface area contributed by atoms with Gasteiger partial charge in [-0.2, -0.15) is 8.42 Å². The molecule has 2 aromatic carbocycles. The number of benzene rings is 2. The van der Waals surface area contributed by atoms with Crippen LogP contribution in [0.25, 0.3) is 6.08 Å². The quantitative estimate of drug-likeness (QED) is 0.801. The molecule has 2 rings (SSSR count). The van der Waals surface area contributed by atoms with E-state index in [-0.39, 0.29) is 5.75 Å². The number of aryl methyl sites for hydroxylation is 1. The van der Waals surface area contributed by atoms with Gasteiger partial charge in [-0.3, -0.25) is 0 Å². The summed E-state index contributed by atoms with van der Waals surface area (Å²) in [4.78, 5) is 0. The summed E-state index contributed by atoms with van der Waals surface area (Å²) < 4.78 is 28.6. The normalized spacial score (nSPS) is 11.7. The van der Waals surface area contributed by atoms with Crippen molar-refractivity contribution in [3.63, 3.8) is 0 Å². The molecular formula is C15H13ClO3S. The lowest BCUT2D eigenvalue weighted by molar-refractivity contribution is 0.497. The van der Waals surface area contributed by atoms with Crippen LogP contribution in [0.3, 0.4) is 0 Å². The van der Waals surface area contributed by atoms with Crippen LogP contribution in [0.4, 0.5) is 0 Å². The van der Waals surface area contributed by atoms with Gasteiger partial charge >= 0.3 is 10.1 Å². The Morgan fingerprint density at radius 1 is 1.10 bits per heavy atom. The molecule has 0 heterocycles. The van der Waals surface area contributed by atoms with Crippen LogP contribution in [0.5, 0.6) is 5.75 Å². The fourth-order valence-electron chi connectivity index (χ4n) is 1.56. The maximum Gasteiger partial charge on any atom is 0.332 e. The molecule has 0 unspecified atom stereocenters. The average Bonchev–Trinajstić information content (AvgIpc) is 2.42. The van der Waals surface area contributed by atoms with E-state index >= 15 is 0 Å². The highest BCUT2D eigenvalue weighted by Gasteiger charge is 2.09. The molecule has 0 radical (unpaired) electrons. The van der Waals surface area contributed by atoms with Gasteiger partial charge in [-0.05, 0) is 42.3 Å². The van der Waals surface area contributed by atoms with Crippen molar-refractivity contribution in [1.82, 2.24) is 0 Å². The summed E-state index contributed by atoms with van der Waals surface area (Å²) in [7, 11) is -3.79. The maximum atomic E-state index is 11.8. The zero-order chi connectivity index (χ0) is 14.6. The van der Waals surface area contributed by atoms with Gasteiger partial charge in [-0.15, -0.1) is 0 Å². The van der Waals surface area contributed by atoms with E-state index in [1.807, 2.05) is 18.2 Å². The summed E-state index contributed by atoms with van der Waals surface area (Å²) in [5, 5.41) is 1.60. The maximum absolute atomic E-state index is 11.8. The van der Waals surface area contributed by atoms with Gasteiger partial charge in [0.05, 0.1) is 5.41 Å². The Morgan fingerprint density at radius 3 is 2.45 bits per heavy atom.